The summed E-state index contributed by atoms with van der Waals surface area (Å²) in [7, 11) is -2.59. The van der Waals surface area contributed by atoms with Gasteiger partial charge >= 0.3 is 0 Å². The average Bonchev–Trinajstić information content (AvgIpc) is 2.13. The van der Waals surface area contributed by atoms with E-state index in [4.69, 9.17) is 5.73 Å². The fourth-order valence-corrected chi connectivity index (χ4v) is 3.31. The first-order chi connectivity index (χ1) is 8.16. The van der Waals surface area contributed by atoms with Crippen molar-refractivity contribution in [2.75, 3.05) is 13.6 Å². The number of hydrogen-bond acceptors (Lipinski definition) is 3. The monoisotopic (exact) mass is 274 g/mol. The molecule has 0 aliphatic heterocycles. The quantitative estimate of drug-likeness (QED) is 0.870. The number of carbonyl (C=O) groups is 1. The van der Waals surface area contributed by atoms with Gasteiger partial charge in [0.1, 0.15) is 5.82 Å². The van der Waals surface area contributed by atoms with Gasteiger partial charge in [-0.25, -0.2) is 12.8 Å². The second-order valence-electron chi connectivity index (χ2n) is 4.10. The Kier molecular flexibility index (Phi) is 4.08. The minimum absolute atomic E-state index is 0.00708. The van der Waals surface area contributed by atoms with Crippen LogP contribution in [0.3, 0.4) is 0 Å². The summed E-state index contributed by atoms with van der Waals surface area (Å²) in [6.07, 6.45) is 0. The van der Waals surface area contributed by atoms with E-state index in [0.29, 0.717) is 11.1 Å². The molecule has 0 unspecified atom stereocenters. The van der Waals surface area contributed by atoms with Crippen LogP contribution in [0.1, 0.15) is 11.1 Å². The molecule has 0 aliphatic rings. The fourth-order valence-electron chi connectivity index (χ4n) is 1.76. The highest BCUT2D eigenvalue weighted by molar-refractivity contribution is 7.89. The zero-order valence-electron chi connectivity index (χ0n) is 10.4. The van der Waals surface area contributed by atoms with Crippen LogP contribution in [0.5, 0.6) is 0 Å². The number of halogens is 1. The molecule has 7 heteroatoms. The Balaban J connectivity index is 3.33. The molecule has 0 bridgehead atoms. The number of sulfonamides is 1. The molecule has 5 nitrogen and oxygen atoms in total. The lowest BCUT2D eigenvalue weighted by atomic mass is 10.1. The minimum Gasteiger partial charge on any atom is -0.369 e. The van der Waals surface area contributed by atoms with Gasteiger partial charge in [0.05, 0.1) is 11.4 Å². The number of amides is 1. The molecule has 0 saturated heterocycles. The van der Waals surface area contributed by atoms with Crippen molar-refractivity contribution in [2.24, 2.45) is 5.73 Å². The van der Waals surface area contributed by atoms with Gasteiger partial charge in [0, 0.05) is 7.05 Å². The lowest BCUT2D eigenvalue weighted by Gasteiger charge is -2.18. The topological polar surface area (TPSA) is 80.5 Å². The number of hydrogen-bond donors (Lipinski definition) is 1. The summed E-state index contributed by atoms with van der Waals surface area (Å²) in [5, 5.41) is 0. The zero-order chi connectivity index (χ0) is 14.1. The van der Waals surface area contributed by atoms with Crippen LogP contribution in [0, 0.1) is 19.7 Å². The van der Waals surface area contributed by atoms with E-state index in [1.807, 2.05) is 0 Å². The number of primary amides is 1. The predicted octanol–water partition coefficient (Wildman–Crippen LogP) is 0.548. The maximum atomic E-state index is 13.1. The Morgan fingerprint density at radius 3 is 2.17 bits per heavy atom. The van der Waals surface area contributed by atoms with Crippen LogP contribution >= 0.6 is 0 Å². The van der Waals surface area contributed by atoms with Gasteiger partial charge in [-0.3, -0.25) is 4.79 Å². The van der Waals surface area contributed by atoms with Gasteiger partial charge in [-0.15, -0.1) is 0 Å². The van der Waals surface area contributed by atoms with Crippen molar-refractivity contribution < 1.29 is 17.6 Å². The van der Waals surface area contributed by atoms with Crippen LogP contribution in [-0.4, -0.2) is 32.2 Å². The summed E-state index contributed by atoms with van der Waals surface area (Å²) in [6, 6.07) is 2.27. The fraction of sp³-hybridized carbons (Fsp3) is 0.364. The third-order valence-corrected chi connectivity index (χ3v) is 4.58. The molecule has 0 saturated carbocycles. The number of carbonyl (C=O) groups excluding carboxylic acids is 1. The Morgan fingerprint density at radius 1 is 1.33 bits per heavy atom. The molecule has 0 fully saturated rings. The first-order valence-corrected chi connectivity index (χ1v) is 6.61. The van der Waals surface area contributed by atoms with Gasteiger partial charge in [0.25, 0.3) is 0 Å². The summed E-state index contributed by atoms with van der Waals surface area (Å²) in [5.74, 6) is -1.25. The van der Waals surface area contributed by atoms with Crippen molar-refractivity contribution in [1.82, 2.24) is 4.31 Å². The molecule has 0 aliphatic carbocycles. The van der Waals surface area contributed by atoms with Crippen molar-refractivity contribution in [3.8, 4) is 0 Å². The van der Waals surface area contributed by atoms with E-state index in [9.17, 15) is 17.6 Å². The molecule has 0 radical (unpaired) electrons. The number of rotatable bonds is 4. The second kappa shape index (κ2) is 5.03. The van der Waals surface area contributed by atoms with Crippen molar-refractivity contribution in [3.05, 3.63) is 29.1 Å². The molecule has 1 aromatic rings. The lowest BCUT2D eigenvalue weighted by molar-refractivity contribution is -0.118. The highest BCUT2D eigenvalue weighted by atomic mass is 32.2. The SMILES string of the molecule is Cc1cc(F)cc(C)c1S(=O)(=O)N(C)CC(N)=O. The molecule has 18 heavy (non-hydrogen) atoms. The highest BCUT2D eigenvalue weighted by Gasteiger charge is 2.26. The standard InChI is InChI=1S/C11H15FN2O3S/c1-7-4-9(12)5-8(2)11(7)18(16,17)14(3)6-10(13)15/h4-5H,6H2,1-3H3,(H2,13,15). The maximum absolute atomic E-state index is 13.1. The summed E-state index contributed by atoms with van der Waals surface area (Å²) >= 11 is 0. The average molecular weight is 274 g/mol. The van der Waals surface area contributed by atoms with E-state index in [1.54, 1.807) is 0 Å². The molecule has 1 rings (SSSR count). The zero-order valence-corrected chi connectivity index (χ0v) is 11.2. The summed E-state index contributed by atoms with van der Waals surface area (Å²) in [6.45, 7) is 2.58. The van der Waals surface area contributed by atoms with Crippen LogP contribution in [0.2, 0.25) is 0 Å². The molecule has 0 atom stereocenters. The number of nitrogens with zero attached hydrogens (tertiary/aromatic N) is 1. The van der Waals surface area contributed by atoms with Crippen LogP contribution in [0.15, 0.2) is 17.0 Å². The van der Waals surface area contributed by atoms with Crippen LogP contribution < -0.4 is 5.73 Å². The van der Waals surface area contributed by atoms with Crippen molar-refractivity contribution in [3.63, 3.8) is 0 Å². The third kappa shape index (κ3) is 2.85. The van der Waals surface area contributed by atoms with Gasteiger partial charge < -0.3 is 5.73 Å². The Morgan fingerprint density at radius 2 is 1.78 bits per heavy atom. The van der Waals surface area contributed by atoms with Crippen molar-refractivity contribution >= 4 is 15.9 Å². The molecule has 100 valence electrons. The summed E-state index contributed by atoms with van der Waals surface area (Å²) < 4.78 is 38.4. The van der Waals surface area contributed by atoms with Gasteiger partial charge in [-0.2, -0.15) is 4.31 Å². The largest absolute Gasteiger partial charge is 0.369 e. The Bertz CT molecular complexity index is 561. The van der Waals surface area contributed by atoms with E-state index in [0.717, 1.165) is 16.4 Å². The molecule has 0 heterocycles. The van der Waals surface area contributed by atoms with E-state index in [-0.39, 0.29) is 4.90 Å². The lowest BCUT2D eigenvalue weighted by Crippen LogP contribution is -2.36. The van der Waals surface area contributed by atoms with Crippen LogP contribution in [0.4, 0.5) is 4.39 Å². The van der Waals surface area contributed by atoms with E-state index < -0.39 is 28.3 Å². The Labute approximate surface area is 105 Å². The molecular formula is C11H15FN2O3S. The predicted molar refractivity (Wildman–Crippen MR) is 64.9 cm³/mol. The normalized spacial score (nSPS) is 11.8. The van der Waals surface area contributed by atoms with Gasteiger partial charge in [0.15, 0.2) is 0 Å². The van der Waals surface area contributed by atoms with Crippen molar-refractivity contribution in [2.45, 2.75) is 18.7 Å². The molecule has 1 aromatic carbocycles. The Hall–Kier alpha value is -1.47. The van der Waals surface area contributed by atoms with Crippen molar-refractivity contribution in [1.29, 1.82) is 0 Å². The van der Waals surface area contributed by atoms with E-state index >= 15 is 0 Å². The van der Waals surface area contributed by atoms with E-state index in [2.05, 4.69) is 0 Å². The van der Waals surface area contributed by atoms with Gasteiger partial charge in [0.2, 0.25) is 15.9 Å². The smallest absolute Gasteiger partial charge is 0.243 e. The second-order valence-corrected chi connectivity index (χ2v) is 6.08. The number of aryl methyl sites for hydroxylation is 2. The maximum Gasteiger partial charge on any atom is 0.243 e. The van der Waals surface area contributed by atoms with Gasteiger partial charge in [-0.05, 0) is 37.1 Å². The molecule has 0 aromatic heterocycles. The van der Waals surface area contributed by atoms with Crippen LogP contribution in [0.25, 0.3) is 0 Å². The number of likely N-dealkylation sites (N-methyl/N-ethyl adjacent to an activating group) is 1. The van der Waals surface area contributed by atoms with Crippen LogP contribution in [-0.2, 0) is 14.8 Å². The minimum atomic E-state index is -3.85. The summed E-state index contributed by atoms with van der Waals surface area (Å²) in [4.78, 5) is 10.8. The molecular weight excluding hydrogens is 259 g/mol. The third-order valence-electron chi connectivity index (χ3n) is 2.47. The first kappa shape index (κ1) is 14.6. The highest BCUT2D eigenvalue weighted by Crippen LogP contribution is 2.23. The van der Waals surface area contributed by atoms with Gasteiger partial charge in [-0.1, -0.05) is 0 Å². The van der Waals surface area contributed by atoms with E-state index in [1.165, 1.54) is 20.9 Å². The number of nitrogens with two attached hydrogens (primary N) is 1. The molecule has 1 amide bonds. The summed E-state index contributed by atoms with van der Waals surface area (Å²) in [5.41, 5.74) is 5.55. The molecule has 2 N–H and O–H groups in total. The molecule has 0 spiro atoms. The number of benzene rings is 1. The first-order valence-electron chi connectivity index (χ1n) is 5.17.